The SMILES string of the molecule is CNC(=O)c1cc(S(=O)(=O)N[C@]2(C)CC(C)(C)OC2=O)cn1C. The number of carbonyl (C=O) groups excluding carboxylic acids is 2. The van der Waals surface area contributed by atoms with Crippen molar-refractivity contribution in [2.75, 3.05) is 7.05 Å². The highest BCUT2D eigenvalue weighted by atomic mass is 32.2. The van der Waals surface area contributed by atoms with Gasteiger partial charge in [-0.25, -0.2) is 8.42 Å². The molecular weight excluding hydrogens is 322 g/mol. The van der Waals surface area contributed by atoms with Crippen molar-refractivity contribution in [2.24, 2.45) is 7.05 Å². The summed E-state index contributed by atoms with van der Waals surface area (Å²) < 4.78 is 34.1. The minimum atomic E-state index is -3.98. The van der Waals surface area contributed by atoms with Crippen LogP contribution in [0.5, 0.6) is 0 Å². The molecule has 8 nitrogen and oxygen atoms in total. The van der Waals surface area contributed by atoms with Crippen molar-refractivity contribution in [1.29, 1.82) is 0 Å². The van der Waals surface area contributed by atoms with E-state index in [1.807, 2.05) is 0 Å². The fourth-order valence-electron chi connectivity index (χ4n) is 2.79. The van der Waals surface area contributed by atoms with Crippen LogP contribution in [0, 0.1) is 0 Å². The number of cyclic esters (lactones) is 1. The van der Waals surface area contributed by atoms with E-state index in [0.717, 1.165) is 0 Å². The van der Waals surface area contributed by atoms with Crippen LogP contribution >= 0.6 is 0 Å². The number of nitrogens with one attached hydrogen (secondary N) is 2. The molecule has 2 rings (SSSR count). The van der Waals surface area contributed by atoms with Crippen molar-refractivity contribution < 1.29 is 22.7 Å². The maximum atomic E-state index is 12.6. The molecule has 9 heteroatoms. The molecule has 1 aliphatic heterocycles. The number of aryl methyl sites for hydroxylation is 1. The van der Waals surface area contributed by atoms with E-state index in [0.29, 0.717) is 0 Å². The van der Waals surface area contributed by atoms with Gasteiger partial charge in [0.05, 0.1) is 0 Å². The van der Waals surface area contributed by atoms with E-state index in [1.54, 1.807) is 20.9 Å². The number of aromatic nitrogens is 1. The van der Waals surface area contributed by atoms with Crippen molar-refractivity contribution in [3.8, 4) is 0 Å². The predicted octanol–water partition coefficient (Wildman–Crippen LogP) is 0.147. The zero-order valence-electron chi connectivity index (χ0n) is 13.8. The van der Waals surface area contributed by atoms with Crippen LogP contribution < -0.4 is 10.0 Å². The Labute approximate surface area is 135 Å². The minimum absolute atomic E-state index is 0.0858. The first kappa shape index (κ1) is 17.5. The Morgan fingerprint density at radius 2 is 1.96 bits per heavy atom. The Bertz CT molecular complexity index is 765. The Balaban J connectivity index is 2.33. The van der Waals surface area contributed by atoms with Gasteiger partial charge in [-0.15, -0.1) is 0 Å². The van der Waals surface area contributed by atoms with Crippen LogP contribution in [0.3, 0.4) is 0 Å². The summed E-state index contributed by atoms with van der Waals surface area (Å²) in [5, 5.41) is 2.44. The third-order valence-electron chi connectivity index (χ3n) is 3.71. The van der Waals surface area contributed by atoms with Crippen molar-refractivity contribution in [2.45, 2.75) is 43.2 Å². The first-order valence-corrected chi connectivity index (χ1v) is 8.54. The minimum Gasteiger partial charge on any atom is -0.458 e. The standard InChI is InChI=1S/C14H21N3O5S/c1-13(2)8-14(3,12(19)22-13)16-23(20,21)9-6-10(11(18)15-4)17(5)7-9/h6-7,16H,8H2,1-5H3,(H,15,18)/t14-/m1/s1. The normalized spacial score (nSPS) is 23.6. The molecule has 1 saturated heterocycles. The smallest absolute Gasteiger partial charge is 0.327 e. The van der Waals surface area contributed by atoms with Crippen LogP contribution in [0.25, 0.3) is 0 Å². The third kappa shape index (κ3) is 3.25. The van der Waals surface area contributed by atoms with Crippen molar-refractivity contribution in [3.63, 3.8) is 0 Å². The zero-order valence-corrected chi connectivity index (χ0v) is 14.6. The molecule has 1 atom stereocenters. The van der Waals surface area contributed by atoms with E-state index < -0.39 is 33.0 Å². The lowest BCUT2D eigenvalue weighted by molar-refractivity contribution is -0.149. The number of amides is 1. The Morgan fingerprint density at radius 3 is 2.43 bits per heavy atom. The summed E-state index contributed by atoms with van der Waals surface area (Å²) in [4.78, 5) is 23.6. The van der Waals surface area contributed by atoms with Gasteiger partial charge in [0, 0.05) is 26.7 Å². The van der Waals surface area contributed by atoms with Crippen molar-refractivity contribution in [3.05, 3.63) is 18.0 Å². The molecule has 0 bridgehead atoms. The second-order valence-corrected chi connectivity index (χ2v) is 8.20. The largest absolute Gasteiger partial charge is 0.458 e. The van der Waals surface area contributed by atoms with Gasteiger partial charge in [0.25, 0.3) is 5.91 Å². The average molecular weight is 343 g/mol. The van der Waals surface area contributed by atoms with Gasteiger partial charge in [-0.1, -0.05) is 0 Å². The molecule has 2 N–H and O–H groups in total. The Hall–Kier alpha value is -1.87. The van der Waals surface area contributed by atoms with Crippen molar-refractivity contribution in [1.82, 2.24) is 14.6 Å². The molecular formula is C14H21N3O5S. The molecule has 0 unspecified atom stereocenters. The lowest BCUT2D eigenvalue weighted by atomic mass is 9.93. The summed E-state index contributed by atoms with van der Waals surface area (Å²) in [6, 6.07) is 1.26. The van der Waals surface area contributed by atoms with E-state index in [9.17, 15) is 18.0 Å². The van der Waals surface area contributed by atoms with E-state index in [4.69, 9.17) is 4.74 Å². The maximum absolute atomic E-state index is 12.6. The van der Waals surface area contributed by atoms with Gasteiger partial charge < -0.3 is 14.6 Å². The summed E-state index contributed by atoms with van der Waals surface area (Å²) in [5.41, 5.74) is -1.88. The van der Waals surface area contributed by atoms with Crippen molar-refractivity contribution >= 4 is 21.9 Å². The monoisotopic (exact) mass is 343 g/mol. The average Bonchev–Trinajstić information content (AvgIpc) is 2.86. The first-order valence-electron chi connectivity index (χ1n) is 7.06. The first-order chi connectivity index (χ1) is 10.4. The number of rotatable bonds is 4. The molecule has 0 aromatic carbocycles. The number of ether oxygens (including phenoxy) is 1. The molecule has 1 fully saturated rings. The summed E-state index contributed by atoms with van der Waals surface area (Å²) in [6.45, 7) is 4.93. The molecule has 1 aromatic heterocycles. The van der Waals surface area contributed by atoms with Crippen LogP contribution in [0.1, 0.15) is 37.7 Å². The highest BCUT2D eigenvalue weighted by molar-refractivity contribution is 7.89. The molecule has 1 aromatic rings. The van der Waals surface area contributed by atoms with Gasteiger partial charge >= 0.3 is 5.97 Å². The van der Waals surface area contributed by atoms with Gasteiger partial charge in [-0.3, -0.25) is 9.59 Å². The fraction of sp³-hybridized carbons (Fsp3) is 0.571. The lowest BCUT2D eigenvalue weighted by Gasteiger charge is -2.21. The number of nitrogens with zero attached hydrogens (tertiary/aromatic N) is 1. The van der Waals surface area contributed by atoms with Crippen LogP contribution in [0.4, 0.5) is 0 Å². The second kappa shape index (κ2) is 5.34. The maximum Gasteiger partial charge on any atom is 0.327 e. The molecule has 0 radical (unpaired) electrons. The Morgan fingerprint density at radius 1 is 1.35 bits per heavy atom. The molecule has 2 heterocycles. The number of hydrogen-bond donors (Lipinski definition) is 2. The summed E-state index contributed by atoms with van der Waals surface area (Å²) >= 11 is 0. The number of carbonyl (C=O) groups is 2. The van der Waals surface area contributed by atoms with Gasteiger partial charge in [0.1, 0.15) is 21.7 Å². The summed E-state index contributed by atoms with van der Waals surface area (Å²) in [5.74, 6) is -1.02. The highest BCUT2D eigenvalue weighted by Crippen LogP contribution is 2.34. The van der Waals surface area contributed by atoms with E-state index in [1.165, 1.54) is 30.8 Å². The number of hydrogen-bond acceptors (Lipinski definition) is 5. The van der Waals surface area contributed by atoms with Crippen LogP contribution in [-0.4, -0.2) is 43.0 Å². The molecule has 0 spiro atoms. The molecule has 0 saturated carbocycles. The van der Waals surface area contributed by atoms with Gasteiger partial charge in [0.15, 0.2) is 0 Å². The van der Waals surface area contributed by atoms with E-state index in [-0.39, 0.29) is 17.0 Å². The molecule has 23 heavy (non-hydrogen) atoms. The summed E-state index contributed by atoms with van der Waals surface area (Å²) in [6.07, 6.45) is 1.54. The number of sulfonamides is 1. The molecule has 0 aliphatic carbocycles. The highest BCUT2D eigenvalue weighted by Gasteiger charge is 2.51. The van der Waals surface area contributed by atoms with Gasteiger partial charge in [-0.05, 0) is 26.8 Å². The topological polar surface area (TPSA) is 106 Å². The van der Waals surface area contributed by atoms with Gasteiger partial charge in [0.2, 0.25) is 10.0 Å². The molecule has 1 amide bonds. The summed E-state index contributed by atoms with van der Waals surface area (Å²) in [7, 11) is -0.955. The van der Waals surface area contributed by atoms with Crippen LogP contribution in [0.2, 0.25) is 0 Å². The quantitative estimate of drug-likeness (QED) is 0.757. The van der Waals surface area contributed by atoms with Crippen LogP contribution in [0.15, 0.2) is 17.2 Å². The molecule has 1 aliphatic rings. The third-order valence-corrected chi connectivity index (χ3v) is 5.27. The lowest BCUT2D eigenvalue weighted by Crippen LogP contribution is -2.49. The zero-order chi connectivity index (χ0) is 17.6. The fourth-order valence-corrected chi connectivity index (χ4v) is 4.22. The van der Waals surface area contributed by atoms with Gasteiger partial charge in [-0.2, -0.15) is 4.72 Å². The Kier molecular flexibility index (Phi) is 4.06. The van der Waals surface area contributed by atoms with E-state index >= 15 is 0 Å². The second-order valence-electron chi connectivity index (χ2n) is 6.51. The number of esters is 1. The predicted molar refractivity (Wildman–Crippen MR) is 82.3 cm³/mol. The van der Waals surface area contributed by atoms with Crippen LogP contribution in [-0.2, 0) is 26.6 Å². The van der Waals surface area contributed by atoms with E-state index in [2.05, 4.69) is 10.0 Å². The molecule has 128 valence electrons.